The third-order valence-corrected chi connectivity index (χ3v) is 10.6. The Bertz CT molecular complexity index is 1420. The van der Waals surface area contributed by atoms with Crippen molar-refractivity contribution < 1.29 is 29.0 Å². The Hall–Kier alpha value is -3.88. The zero-order valence-corrected chi connectivity index (χ0v) is 29.6. The average molecular weight is 687 g/mol. The second kappa shape index (κ2) is 14.5. The second-order valence-corrected chi connectivity index (χ2v) is 16.0. The summed E-state index contributed by atoms with van der Waals surface area (Å²) >= 11 is 0. The molecule has 2 saturated heterocycles. The molecule has 4 N–H and O–H groups in total. The zero-order chi connectivity index (χ0) is 35.6. The highest BCUT2D eigenvalue weighted by Crippen LogP contribution is 2.49. The molecule has 1 spiro atoms. The third kappa shape index (κ3) is 9.43. The monoisotopic (exact) mass is 686 g/mol. The molecule has 0 radical (unpaired) electrons. The first-order valence-electron chi connectivity index (χ1n) is 17.7. The molecule has 272 valence electrons. The molecule has 1 aromatic heterocycles. The largest absolute Gasteiger partial charge is 0.465 e. The van der Waals surface area contributed by atoms with Crippen molar-refractivity contribution in [3.63, 3.8) is 0 Å². The molecule has 4 aliphatic rings. The molecule has 2 saturated carbocycles. The highest BCUT2D eigenvalue weighted by atomic mass is 16.6. The Labute approximate surface area is 288 Å². The van der Waals surface area contributed by atoms with Gasteiger partial charge < -0.3 is 35.2 Å². The van der Waals surface area contributed by atoms with Gasteiger partial charge in [0, 0.05) is 51.0 Å². The minimum absolute atomic E-state index is 0.0838. The van der Waals surface area contributed by atoms with Gasteiger partial charge in [0.15, 0.2) is 0 Å². The quantitative estimate of drug-likeness (QED) is 0.334. The fraction of sp³-hybridized carbons (Fsp3) is 0.765. The smallest absolute Gasteiger partial charge is 0.407 e. The van der Waals surface area contributed by atoms with E-state index in [1.807, 2.05) is 20.8 Å². The number of alkyl carbamates (subject to hydrolysis) is 1. The van der Waals surface area contributed by atoms with Crippen molar-refractivity contribution in [3.8, 4) is 0 Å². The van der Waals surface area contributed by atoms with Gasteiger partial charge >= 0.3 is 23.9 Å². The van der Waals surface area contributed by atoms with Crippen molar-refractivity contribution in [2.24, 2.45) is 11.3 Å². The standard InChI is InChI=1S/C34H54N8O7/c1-32(2,3)49-31(48)35-24-20-34(21-24)11-14-39(15-12-34)22-23-6-8-25(9-7-23)42-13-10-26(37-29(42)45)36-28(44)41-18-16-40(17-19-41)27(43)33(4,5)38-30(46)47/h10,13,23-25,38H,6-9,11-12,14-22H2,1-5H3,(H,35,48)(H,46,47)(H,36,37,44,45). The molecule has 49 heavy (non-hydrogen) atoms. The van der Waals surface area contributed by atoms with Gasteiger partial charge in [0.2, 0.25) is 5.91 Å². The average Bonchev–Trinajstić information content (AvgIpc) is 3.00. The zero-order valence-electron chi connectivity index (χ0n) is 29.6. The van der Waals surface area contributed by atoms with Crippen LogP contribution in [-0.2, 0) is 9.53 Å². The summed E-state index contributed by atoms with van der Waals surface area (Å²) in [6.45, 7) is 13.0. The number of anilines is 1. The number of hydrogen-bond acceptors (Lipinski definition) is 8. The Morgan fingerprint density at radius 3 is 2.12 bits per heavy atom. The lowest BCUT2D eigenvalue weighted by Gasteiger charge is -2.52. The van der Waals surface area contributed by atoms with Crippen molar-refractivity contribution >= 4 is 29.9 Å². The summed E-state index contributed by atoms with van der Waals surface area (Å²) in [6, 6.07) is 1.55. The van der Waals surface area contributed by atoms with Crippen LogP contribution in [0, 0.1) is 11.3 Å². The Balaban J connectivity index is 1.00. The molecular formula is C34H54N8O7. The van der Waals surface area contributed by atoms with Gasteiger partial charge in [-0.05, 0) is 116 Å². The number of carboxylic acid groups (broad SMARTS) is 1. The van der Waals surface area contributed by atoms with Crippen LogP contribution in [0.15, 0.2) is 17.1 Å². The van der Waals surface area contributed by atoms with Crippen molar-refractivity contribution in [1.82, 2.24) is 34.9 Å². The molecule has 15 nitrogen and oxygen atoms in total. The number of likely N-dealkylation sites (tertiary alicyclic amines) is 1. The molecule has 1 aromatic rings. The van der Waals surface area contributed by atoms with Gasteiger partial charge in [-0.1, -0.05) is 0 Å². The van der Waals surface area contributed by atoms with Gasteiger partial charge in [0.1, 0.15) is 17.0 Å². The van der Waals surface area contributed by atoms with Crippen LogP contribution in [0.1, 0.15) is 92.0 Å². The molecule has 0 bridgehead atoms. The molecular weight excluding hydrogens is 632 g/mol. The van der Waals surface area contributed by atoms with Crippen LogP contribution in [0.3, 0.4) is 0 Å². The van der Waals surface area contributed by atoms with E-state index < -0.39 is 23.3 Å². The summed E-state index contributed by atoms with van der Waals surface area (Å²) in [4.78, 5) is 71.6. The lowest BCUT2D eigenvalue weighted by molar-refractivity contribution is -0.138. The van der Waals surface area contributed by atoms with E-state index in [-0.39, 0.29) is 61.8 Å². The number of nitrogens with one attached hydrogen (secondary N) is 3. The van der Waals surface area contributed by atoms with Crippen molar-refractivity contribution in [2.75, 3.05) is 51.1 Å². The van der Waals surface area contributed by atoms with E-state index in [0.29, 0.717) is 11.3 Å². The van der Waals surface area contributed by atoms with Gasteiger partial charge in [-0.2, -0.15) is 4.98 Å². The lowest BCUT2D eigenvalue weighted by Crippen LogP contribution is -2.60. The Kier molecular flexibility index (Phi) is 10.8. The van der Waals surface area contributed by atoms with E-state index in [1.165, 1.54) is 31.6 Å². The number of carbonyl (C=O) groups excluding carboxylic acids is 3. The van der Waals surface area contributed by atoms with Crippen LogP contribution in [0.2, 0.25) is 0 Å². The fourth-order valence-corrected chi connectivity index (χ4v) is 7.93. The van der Waals surface area contributed by atoms with Crippen molar-refractivity contribution in [2.45, 2.75) is 109 Å². The van der Waals surface area contributed by atoms with Gasteiger partial charge in [-0.3, -0.25) is 14.7 Å². The first-order valence-corrected chi connectivity index (χ1v) is 17.7. The lowest BCUT2D eigenvalue weighted by atomic mass is 9.60. The number of rotatable bonds is 7. The van der Waals surface area contributed by atoms with E-state index in [2.05, 4.69) is 25.8 Å². The number of hydrogen-bond donors (Lipinski definition) is 4. The summed E-state index contributed by atoms with van der Waals surface area (Å²) in [5, 5.41) is 17.0. The van der Waals surface area contributed by atoms with E-state index in [9.17, 15) is 24.0 Å². The molecule has 3 heterocycles. The van der Waals surface area contributed by atoms with Crippen LogP contribution in [0.25, 0.3) is 0 Å². The number of ether oxygens (including phenoxy) is 1. The van der Waals surface area contributed by atoms with Gasteiger partial charge in [-0.25, -0.2) is 19.2 Å². The number of aromatic nitrogens is 2. The SMILES string of the molecule is CC(C)(C)OC(=O)NC1CC2(CCN(CC3CCC(n4ccc(NC(=O)N5CCN(C(=O)C(C)(C)NC(=O)O)CC5)nc4=O)CC3)CC2)C1. The van der Waals surface area contributed by atoms with Crippen LogP contribution < -0.4 is 21.6 Å². The summed E-state index contributed by atoms with van der Waals surface area (Å²) in [5.41, 5.74) is -1.79. The maximum absolute atomic E-state index is 13.0. The molecule has 0 aromatic carbocycles. The highest BCUT2D eigenvalue weighted by Gasteiger charge is 2.47. The number of nitrogens with zero attached hydrogens (tertiary/aromatic N) is 5. The number of carbonyl (C=O) groups is 4. The molecule has 2 aliphatic carbocycles. The second-order valence-electron chi connectivity index (χ2n) is 16.0. The number of piperidine rings is 1. The van der Waals surface area contributed by atoms with Crippen LogP contribution in [0.5, 0.6) is 0 Å². The first-order chi connectivity index (χ1) is 23.0. The molecule has 2 aliphatic heterocycles. The fourth-order valence-electron chi connectivity index (χ4n) is 7.93. The predicted octanol–water partition coefficient (Wildman–Crippen LogP) is 3.47. The van der Waals surface area contributed by atoms with Crippen molar-refractivity contribution in [1.29, 1.82) is 0 Å². The van der Waals surface area contributed by atoms with Gasteiger partial charge in [0.05, 0.1) is 0 Å². The predicted molar refractivity (Wildman–Crippen MR) is 182 cm³/mol. The molecule has 5 amide bonds. The number of amides is 5. The maximum Gasteiger partial charge on any atom is 0.407 e. The Morgan fingerprint density at radius 1 is 0.939 bits per heavy atom. The molecule has 4 fully saturated rings. The third-order valence-electron chi connectivity index (χ3n) is 10.6. The number of piperazine rings is 1. The Morgan fingerprint density at radius 2 is 1.55 bits per heavy atom. The normalized spacial score (nSPS) is 23.4. The maximum atomic E-state index is 13.0. The van der Waals surface area contributed by atoms with E-state index >= 15 is 0 Å². The molecule has 15 heteroatoms. The molecule has 5 rings (SSSR count). The minimum atomic E-state index is -1.28. The highest BCUT2D eigenvalue weighted by molar-refractivity contribution is 5.90. The van der Waals surface area contributed by atoms with Crippen LogP contribution >= 0.6 is 0 Å². The topological polar surface area (TPSA) is 178 Å². The summed E-state index contributed by atoms with van der Waals surface area (Å²) < 4.78 is 7.09. The minimum Gasteiger partial charge on any atom is -0.465 e. The molecule has 0 atom stereocenters. The number of urea groups is 1. The van der Waals surface area contributed by atoms with E-state index in [0.717, 1.165) is 58.2 Å². The van der Waals surface area contributed by atoms with E-state index in [4.69, 9.17) is 9.84 Å². The van der Waals surface area contributed by atoms with Crippen LogP contribution in [0.4, 0.5) is 20.2 Å². The van der Waals surface area contributed by atoms with Crippen LogP contribution in [-0.4, -0.2) is 116 Å². The van der Waals surface area contributed by atoms with Gasteiger partial charge in [-0.15, -0.1) is 0 Å². The van der Waals surface area contributed by atoms with E-state index in [1.54, 1.807) is 21.7 Å². The first kappa shape index (κ1) is 36.4. The van der Waals surface area contributed by atoms with Gasteiger partial charge in [0.25, 0.3) is 0 Å². The summed E-state index contributed by atoms with van der Waals surface area (Å²) in [5.74, 6) is 0.436. The summed E-state index contributed by atoms with van der Waals surface area (Å²) in [6.07, 6.45) is 8.45. The summed E-state index contributed by atoms with van der Waals surface area (Å²) in [7, 11) is 0. The van der Waals surface area contributed by atoms with Crippen molar-refractivity contribution in [3.05, 3.63) is 22.7 Å². The molecule has 0 unspecified atom stereocenters.